The van der Waals surface area contributed by atoms with Gasteiger partial charge in [0.25, 0.3) is 0 Å². The van der Waals surface area contributed by atoms with Crippen molar-refractivity contribution in [1.82, 2.24) is 0 Å². The van der Waals surface area contributed by atoms with Gasteiger partial charge in [-0.3, -0.25) is 9.59 Å². The molecule has 2 nitrogen and oxygen atoms in total. The minimum absolute atomic E-state index is 0. The summed E-state index contributed by atoms with van der Waals surface area (Å²) >= 11 is 0. The molecule has 0 amide bonds. The zero-order valence-electron chi connectivity index (χ0n) is 8.31. The Morgan fingerprint density at radius 2 is 1.47 bits per heavy atom. The summed E-state index contributed by atoms with van der Waals surface area (Å²) in [6, 6.07) is 9.33. The molecule has 1 aromatic carbocycles. The number of Topliss-reactive ketones (excluding diaryl/α,β-unsaturated/α-hetero) is 2. The van der Waals surface area contributed by atoms with E-state index in [-0.39, 0.29) is 24.0 Å². The highest BCUT2D eigenvalue weighted by molar-refractivity contribution is 6.09. The number of ketones is 2. The van der Waals surface area contributed by atoms with Crippen LogP contribution >= 0.6 is 12.4 Å². The minimum Gasteiger partial charge on any atom is -0.299 e. The average Bonchev–Trinajstić information content (AvgIpc) is 2.19. The number of hydrogen-bond acceptors (Lipinski definition) is 2. The molecule has 0 unspecified atom stereocenters. The molecule has 15 heavy (non-hydrogen) atoms. The van der Waals surface area contributed by atoms with Gasteiger partial charge in [-0.05, 0) is 12.0 Å². The molecule has 0 N–H and O–H groups in total. The second-order valence-electron chi connectivity index (χ2n) is 3.63. The van der Waals surface area contributed by atoms with Gasteiger partial charge in [0.05, 0.1) is 0 Å². The largest absolute Gasteiger partial charge is 0.299 e. The van der Waals surface area contributed by atoms with Gasteiger partial charge in [-0.15, -0.1) is 12.4 Å². The van der Waals surface area contributed by atoms with Gasteiger partial charge in [-0.25, -0.2) is 0 Å². The fraction of sp³-hybridized carbons (Fsp3) is 0.333. The zero-order chi connectivity index (χ0) is 9.97. The number of carbonyl (C=O) groups is 2. The van der Waals surface area contributed by atoms with Crippen LogP contribution in [0.2, 0.25) is 0 Å². The SMILES string of the molecule is Cl.O=C1CCCC(=O)C1c1ccccc1. The summed E-state index contributed by atoms with van der Waals surface area (Å²) < 4.78 is 0. The van der Waals surface area contributed by atoms with Crippen molar-refractivity contribution in [2.24, 2.45) is 0 Å². The Morgan fingerprint density at radius 1 is 0.933 bits per heavy atom. The topological polar surface area (TPSA) is 34.1 Å². The van der Waals surface area contributed by atoms with Crippen LogP contribution in [0.1, 0.15) is 30.7 Å². The lowest BCUT2D eigenvalue weighted by Gasteiger charge is -2.19. The molecule has 0 spiro atoms. The molecule has 0 atom stereocenters. The molecule has 0 radical (unpaired) electrons. The molecule has 1 aliphatic carbocycles. The van der Waals surface area contributed by atoms with E-state index in [1.54, 1.807) is 0 Å². The van der Waals surface area contributed by atoms with Gasteiger partial charge in [-0.1, -0.05) is 30.3 Å². The van der Waals surface area contributed by atoms with Crippen molar-refractivity contribution >= 4 is 24.0 Å². The van der Waals surface area contributed by atoms with Crippen molar-refractivity contribution in [3.8, 4) is 0 Å². The van der Waals surface area contributed by atoms with Gasteiger partial charge in [0.1, 0.15) is 17.5 Å². The lowest BCUT2D eigenvalue weighted by molar-refractivity contribution is -0.131. The monoisotopic (exact) mass is 224 g/mol. The highest BCUT2D eigenvalue weighted by Crippen LogP contribution is 2.26. The summed E-state index contributed by atoms with van der Waals surface area (Å²) in [5.41, 5.74) is 0.849. The average molecular weight is 225 g/mol. The van der Waals surface area contributed by atoms with E-state index in [0.717, 1.165) is 12.0 Å². The van der Waals surface area contributed by atoms with Crippen molar-refractivity contribution in [3.63, 3.8) is 0 Å². The van der Waals surface area contributed by atoms with E-state index in [1.807, 2.05) is 30.3 Å². The Labute approximate surface area is 95.1 Å². The van der Waals surface area contributed by atoms with Gasteiger partial charge >= 0.3 is 0 Å². The van der Waals surface area contributed by atoms with Gasteiger partial charge in [0.15, 0.2) is 0 Å². The molecule has 0 saturated heterocycles. The smallest absolute Gasteiger partial charge is 0.147 e. The first kappa shape index (κ1) is 11.9. The third-order valence-corrected chi connectivity index (χ3v) is 2.62. The quantitative estimate of drug-likeness (QED) is 0.687. The standard InChI is InChI=1S/C12H12O2.ClH/c13-10-7-4-8-11(14)12(10)9-5-2-1-3-6-9;/h1-3,5-6,12H,4,7-8H2;1H. The van der Waals surface area contributed by atoms with Crippen LogP contribution in [-0.4, -0.2) is 11.6 Å². The third-order valence-electron chi connectivity index (χ3n) is 2.62. The zero-order valence-corrected chi connectivity index (χ0v) is 9.13. The summed E-state index contributed by atoms with van der Waals surface area (Å²) in [7, 11) is 0. The van der Waals surface area contributed by atoms with Gasteiger partial charge in [-0.2, -0.15) is 0 Å². The molecular formula is C12H13ClO2. The van der Waals surface area contributed by atoms with Crippen molar-refractivity contribution in [2.75, 3.05) is 0 Å². The fourth-order valence-corrected chi connectivity index (χ4v) is 1.92. The number of hydrogen-bond donors (Lipinski definition) is 0. The van der Waals surface area contributed by atoms with E-state index >= 15 is 0 Å². The molecule has 1 aliphatic rings. The summed E-state index contributed by atoms with van der Waals surface area (Å²) in [5, 5.41) is 0. The van der Waals surface area contributed by atoms with Crippen LogP contribution < -0.4 is 0 Å². The number of benzene rings is 1. The number of carbonyl (C=O) groups excluding carboxylic acids is 2. The van der Waals surface area contributed by atoms with Crippen LogP contribution in [0.15, 0.2) is 30.3 Å². The van der Waals surface area contributed by atoms with Crippen LogP contribution in [-0.2, 0) is 9.59 Å². The molecule has 1 aromatic rings. The van der Waals surface area contributed by atoms with Crippen molar-refractivity contribution in [1.29, 1.82) is 0 Å². The summed E-state index contributed by atoms with van der Waals surface area (Å²) in [6.45, 7) is 0. The summed E-state index contributed by atoms with van der Waals surface area (Å²) in [5.74, 6) is -0.329. The van der Waals surface area contributed by atoms with Crippen LogP contribution in [0, 0.1) is 0 Å². The Bertz CT molecular complexity index is 343. The molecule has 0 bridgehead atoms. The minimum atomic E-state index is -0.482. The van der Waals surface area contributed by atoms with E-state index in [9.17, 15) is 9.59 Å². The van der Waals surface area contributed by atoms with E-state index in [2.05, 4.69) is 0 Å². The summed E-state index contributed by atoms with van der Waals surface area (Å²) in [4.78, 5) is 23.2. The molecule has 3 heteroatoms. The van der Waals surface area contributed by atoms with Crippen LogP contribution in [0.5, 0.6) is 0 Å². The highest BCUT2D eigenvalue weighted by atomic mass is 35.5. The second-order valence-corrected chi connectivity index (χ2v) is 3.63. The molecular weight excluding hydrogens is 212 g/mol. The first-order valence-corrected chi connectivity index (χ1v) is 4.89. The van der Waals surface area contributed by atoms with Gasteiger partial charge < -0.3 is 0 Å². The lowest BCUT2D eigenvalue weighted by atomic mass is 9.82. The third kappa shape index (κ3) is 2.45. The maximum absolute atomic E-state index is 11.6. The van der Waals surface area contributed by atoms with Crippen molar-refractivity contribution < 1.29 is 9.59 Å². The predicted octanol–water partition coefficient (Wildman–Crippen LogP) is 2.51. The van der Waals surface area contributed by atoms with Crippen LogP contribution in [0.4, 0.5) is 0 Å². The predicted molar refractivity (Wildman–Crippen MR) is 60.3 cm³/mol. The van der Waals surface area contributed by atoms with Crippen molar-refractivity contribution in [2.45, 2.75) is 25.2 Å². The molecule has 0 aromatic heterocycles. The van der Waals surface area contributed by atoms with E-state index in [4.69, 9.17) is 0 Å². The molecule has 0 aliphatic heterocycles. The van der Waals surface area contributed by atoms with E-state index in [1.165, 1.54) is 0 Å². The van der Waals surface area contributed by atoms with Gasteiger partial charge in [0.2, 0.25) is 0 Å². The van der Waals surface area contributed by atoms with Crippen molar-refractivity contribution in [3.05, 3.63) is 35.9 Å². The molecule has 0 heterocycles. The Morgan fingerprint density at radius 3 is 2.00 bits per heavy atom. The molecule has 1 saturated carbocycles. The normalized spacial score (nSPS) is 17.3. The Kier molecular flexibility index (Phi) is 4.04. The van der Waals surface area contributed by atoms with Crippen LogP contribution in [0.25, 0.3) is 0 Å². The maximum Gasteiger partial charge on any atom is 0.147 e. The lowest BCUT2D eigenvalue weighted by Crippen LogP contribution is -2.26. The first-order valence-electron chi connectivity index (χ1n) is 4.89. The van der Waals surface area contributed by atoms with E-state index in [0.29, 0.717) is 12.8 Å². The molecule has 2 rings (SSSR count). The first-order chi connectivity index (χ1) is 6.79. The molecule has 1 fully saturated rings. The Balaban J connectivity index is 0.00000112. The van der Waals surface area contributed by atoms with E-state index < -0.39 is 5.92 Å². The van der Waals surface area contributed by atoms with Crippen LogP contribution in [0.3, 0.4) is 0 Å². The summed E-state index contributed by atoms with van der Waals surface area (Å²) in [6.07, 6.45) is 1.82. The molecule has 80 valence electrons. The Hall–Kier alpha value is -1.15. The number of rotatable bonds is 1. The number of halogens is 1. The maximum atomic E-state index is 11.6. The van der Waals surface area contributed by atoms with Gasteiger partial charge in [0, 0.05) is 12.8 Å². The highest BCUT2D eigenvalue weighted by Gasteiger charge is 2.30. The second kappa shape index (κ2) is 5.08. The fourth-order valence-electron chi connectivity index (χ4n) is 1.92.